The second-order valence-electron chi connectivity index (χ2n) is 5.01. The van der Waals surface area contributed by atoms with Gasteiger partial charge in [0, 0.05) is 30.9 Å². The van der Waals surface area contributed by atoms with E-state index in [9.17, 15) is 15.2 Å². The average Bonchev–Trinajstić information content (AvgIpc) is 2.32. The van der Waals surface area contributed by atoms with Crippen molar-refractivity contribution in [2.75, 3.05) is 18.0 Å². The minimum absolute atomic E-state index is 0.113. The highest BCUT2D eigenvalue weighted by atomic mass is 16.6. The Hall–Kier alpha value is -1.62. The number of rotatable bonds is 2. The number of piperidine rings is 1. The van der Waals surface area contributed by atoms with Gasteiger partial charge in [0.25, 0.3) is 5.69 Å². The molecule has 1 aromatic carbocycles. The third-order valence-corrected chi connectivity index (χ3v) is 3.65. The van der Waals surface area contributed by atoms with Crippen LogP contribution >= 0.6 is 0 Å². The molecule has 0 amide bonds. The molecule has 1 aromatic rings. The van der Waals surface area contributed by atoms with E-state index in [1.165, 1.54) is 6.07 Å². The fraction of sp³-hybridized carbons (Fsp3) is 0.538. The predicted octanol–water partition coefficient (Wildman–Crippen LogP) is 2.11. The van der Waals surface area contributed by atoms with Gasteiger partial charge in [-0.05, 0) is 30.9 Å². The Kier molecular flexibility index (Phi) is 3.52. The quantitative estimate of drug-likeness (QED) is 0.645. The highest BCUT2D eigenvalue weighted by Gasteiger charge is 2.25. The lowest BCUT2D eigenvalue weighted by Crippen LogP contribution is -2.43. The predicted molar refractivity (Wildman–Crippen MR) is 69.8 cm³/mol. The number of non-ortho nitro benzene ring substituents is 1. The molecule has 2 unspecified atom stereocenters. The number of nitrogens with zero attached hydrogens (tertiary/aromatic N) is 2. The van der Waals surface area contributed by atoms with Crippen LogP contribution in [0.1, 0.15) is 18.9 Å². The molecule has 2 rings (SSSR count). The van der Waals surface area contributed by atoms with Gasteiger partial charge in [0.05, 0.1) is 11.0 Å². The van der Waals surface area contributed by atoms with E-state index >= 15 is 0 Å². The van der Waals surface area contributed by atoms with E-state index in [2.05, 4.69) is 4.90 Å². The van der Waals surface area contributed by atoms with Crippen molar-refractivity contribution < 1.29 is 10.0 Å². The van der Waals surface area contributed by atoms with Crippen LogP contribution in [0.3, 0.4) is 0 Å². The van der Waals surface area contributed by atoms with Crippen LogP contribution in [0.25, 0.3) is 0 Å². The van der Waals surface area contributed by atoms with Crippen LogP contribution in [0.4, 0.5) is 11.4 Å². The van der Waals surface area contributed by atoms with Crippen LogP contribution in [0.5, 0.6) is 0 Å². The summed E-state index contributed by atoms with van der Waals surface area (Å²) in [5.74, 6) is 0.319. The van der Waals surface area contributed by atoms with Crippen molar-refractivity contribution in [2.24, 2.45) is 5.92 Å². The van der Waals surface area contributed by atoms with Gasteiger partial charge >= 0.3 is 0 Å². The van der Waals surface area contributed by atoms with E-state index < -0.39 is 0 Å². The third kappa shape index (κ3) is 2.46. The maximum atomic E-state index is 10.7. The van der Waals surface area contributed by atoms with Crippen LogP contribution in [-0.2, 0) is 0 Å². The Morgan fingerprint density at radius 1 is 1.50 bits per heavy atom. The lowest BCUT2D eigenvalue weighted by Gasteiger charge is -2.36. The zero-order valence-corrected chi connectivity index (χ0v) is 10.7. The van der Waals surface area contributed by atoms with Crippen LogP contribution in [0.2, 0.25) is 0 Å². The second-order valence-corrected chi connectivity index (χ2v) is 5.01. The SMILES string of the molecule is Cc1cc([N+](=O)[O-])ccc1N1CCC(C)C(O)C1. The van der Waals surface area contributed by atoms with Crippen molar-refractivity contribution in [1.29, 1.82) is 0 Å². The van der Waals surface area contributed by atoms with Gasteiger partial charge in [0.1, 0.15) is 0 Å². The first-order valence-corrected chi connectivity index (χ1v) is 6.17. The summed E-state index contributed by atoms with van der Waals surface area (Å²) >= 11 is 0. The van der Waals surface area contributed by atoms with Crippen molar-refractivity contribution >= 4 is 11.4 Å². The Morgan fingerprint density at radius 3 is 2.78 bits per heavy atom. The summed E-state index contributed by atoms with van der Waals surface area (Å²) in [6.45, 7) is 5.40. The minimum Gasteiger partial charge on any atom is -0.391 e. The first-order valence-electron chi connectivity index (χ1n) is 6.17. The monoisotopic (exact) mass is 250 g/mol. The highest BCUT2D eigenvalue weighted by Crippen LogP contribution is 2.28. The third-order valence-electron chi connectivity index (χ3n) is 3.65. The molecule has 0 spiro atoms. The number of anilines is 1. The summed E-state index contributed by atoms with van der Waals surface area (Å²) in [6.07, 6.45) is 0.616. The zero-order chi connectivity index (χ0) is 13.3. The molecule has 0 aromatic heterocycles. The Bertz CT molecular complexity index is 462. The number of aliphatic hydroxyl groups is 1. The first kappa shape index (κ1) is 12.8. The Morgan fingerprint density at radius 2 is 2.22 bits per heavy atom. The molecule has 1 N–H and O–H groups in total. The van der Waals surface area contributed by atoms with Gasteiger partial charge in [0.15, 0.2) is 0 Å². The van der Waals surface area contributed by atoms with E-state index in [4.69, 9.17) is 0 Å². The highest BCUT2D eigenvalue weighted by molar-refractivity contribution is 5.57. The summed E-state index contributed by atoms with van der Waals surface area (Å²) in [6, 6.07) is 4.88. The number of nitro groups is 1. The smallest absolute Gasteiger partial charge is 0.269 e. The summed E-state index contributed by atoms with van der Waals surface area (Å²) in [7, 11) is 0. The van der Waals surface area contributed by atoms with Crippen LogP contribution in [-0.4, -0.2) is 29.2 Å². The van der Waals surface area contributed by atoms with E-state index in [1.54, 1.807) is 12.1 Å². The standard InChI is InChI=1S/C13H18N2O3/c1-9-5-6-14(8-13(9)16)12-4-3-11(15(17)18)7-10(12)2/h3-4,7,9,13,16H,5-6,8H2,1-2H3. The lowest BCUT2D eigenvalue weighted by molar-refractivity contribution is -0.384. The van der Waals surface area contributed by atoms with Crippen molar-refractivity contribution in [3.8, 4) is 0 Å². The van der Waals surface area contributed by atoms with Gasteiger partial charge in [-0.2, -0.15) is 0 Å². The molecule has 0 bridgehead atoms. The maximum absolute atomic E-state index is 10.7. The largest absolute Gasteiger partial charge is 0.391 e. The maximum Gasteiger partial charge on any atom is 0.269 e. The topological polar surface area (TPSA) is 66.6 Å². The van der Waals surface area contributed by atoms with Crippen molar-refractivity contribution in [2.45, 2.75) is 26.4 Å². The molecule has 1 aliphatic rings. The van der Waals surface area contributed by atoms with E-state index in [0.717, 1.165) is 24.2 Å². The number of aliphatic hydroxyl groups excluding tert-OH is 1. The molecule has 5 heteroatoms. The number of nitro benzene ring substituents is 1. The second kappa shape index (κ2) is 4.94. The molecule has 5 nitrogen and oxygen atoms in total. The van der Waals surface area contributed by atoms with Gasteiger partial charge in [0.2, 0.25) is 0 Å². The van der Waals surface area contributed by atoms with Gasteiger partial charge in [-0.15, -0.1) is 0 Å². The summed E-state index contributed by atoms with van der Waals surface area (Å²) in [5, 5.41) is 20.6. The first-order chi connectivity index (χ1) is 8.49. The lowest BCUT2D eigenvalue weighted by atomic mass is 9.95. The number of hydrogen-bond acceptors (Lipinski definition) is 4. The Balaban J connectivity index is 2.21. The number of β-amino-alcohol motifs (C(OH)–C–C–N with tert-alkyl or cyclic N) is 1. The zero-order valence-electron chi connectivity index (χ0n) is 10.7. The number of benzene rings is 1. The van der Waals surface area contributed by atoms with Crippen LogP contribution in [0.15, 0.2) is 18.2 Å². The molecule has 1 fully saturated rings. The number of hydrogen-bond donors (Lipinski definition) is 1. The van der Waals surface area contributed by atoms with Crippen molar-refractivity contribution in [3.63, 3.8) is 0 Å². The Labute approximate surface area is 106 Å². The van der Waals surface area contributed by atoms with Gasteiger partial charge in [-0.25, -0.2) is 0 Å². The molecule has 0 radical (unpaired) electrons. The van der Waals surface area contributed by atoms with E-state index in [0.29, 0.717) is 12.5 Å². The van der Waals surface area contributed by atoms with Gasteiger partial charge < -0.3 is 10.0 Å². The summed E-state index contributed by atoms with van der Waals surface area (Å²) < 4.78 is 0. The normalized spacial score (nSPS) is 24.1. The molecule has 0 saturated carbocycles. The van der Waals surface area contributed by atoms with Crippen molar-refractivity contribution in [3.05, 3.63) is 33.9 Å². The summed E-state index contributed by atoms with van der Waals surface area (Å²) in [4.78, 5) is 12.4. The summed E-state index contributed by atoms with van der Waals surface area (Å²) in [5.41, 5.74) is 1.97. The van der Waals surface area contributed by atoms with Gasteiger partial charge in [-0.1, -0.05) is 6.92 Å². The van der Waals surface area contributed by atoms with Gasteiger partial charge in [-0.3, -0.25) is 10.1 Å². The molecule has 1 heterocycles. The number of aryl methyl sites for hydroxylation is 1. The molecule has 18 heavy (non-hydrogen) atoms. The molecule has 1 aliphatic heterocycles. The van der Waals surface area contributed by atoms with Crippen LogP contribution < -0.4 is 4.90 Å². The fourth-order valence-electron chi connectivity index (χ4n) is 2.38. The average molecular weight is 250 g/mol. The molecule has 2 atom stereocenters. The van der Waals surface area contributed by atoms with E-state index in [-0.39, 0.29) is 16.7 Å². The van der Waals surface area contributed by atoms with E-state index in [1.807, 2.05) is 13.8 Å². The molecule has 98 valence electrons. The fourth-order valence-corrected chi connectivity index (χ4v) is 2.38. The van der Waals surface area contributed by atoms with Crippen molar-refractivity contribution in [1.82, 2.24) is 0 Å². The molecular formula is C13H18N2O3. The molecule has 0 aliphatic carbocycles. The molecular weight excluding hydrogens is 232 g/mol. The van der Waals surface area contributed by atoms with Crippen LogP contribution in [0, 0.1) is 23.0 Å². The molecule has 1 saturated heterocycles. The minimum atomic E-state index is -0.385.